The standard InChI is InChI=1S/C24H31N7OS/c1-17-15-26-23(28-18-8-10-20(11-9-18)31-13-12-25-16-31)29-22(17)27-19-6-5-7-21(14-19)33(32)30-24(2,3)4/h5-11,14-16,23,27-30H,12-13H2,1-4H3. The third kappa shape index (κ3) is 6.21. The molecule has 2 aliphatic rings. The maximum Gasteiger partial charge on any atom is 0.195 e. The van der Waals surface area contributed by atoms with Crippen LogP contribution in [0.3, 0.4) is 0 Å². The molecule has 0 spiro atoms. The van der Waals surface area contributed by atoms with Crippen molar-refractivity contribution in [2.24, 2.45) is 9.98 Å². The Kier molecular flexibility index (Phi) is 6.80. The van der Waals surface area contributed by atoms with Gasteiger partial charge in [-0.3, -0.25) is 4.99 Å². The van der Waals surface area contributed by atoms with Crippen LogP contribution in [0.5, 0.6) is 0 Å². The number of aliphatic imine (C=N–C) groups is 2. The minimum atomic E-state index is -1.29. The van der Waals surface area contributed by atoms with E-state index in [1.54, 1.807) is 0 Å². The highest BCUT2D eigenvalue weighted by Crippen LogP contribution is 2.21. The molecule has 2 atom stereocenters. The number of rotatable bonds is 7. The average Bonchev–Trinajstić information content (AvgIpc) is 3.31. The van der Waals surface area contributed by atoms with E-state index in [0.717, 1.165) is 46.4 Å². The van der Waals surface area contributed by atoms with Crippen LogP contribution in [0, 0.1) is 0 Å². The van der Waals surface area contributed by atoms with E-state index >= 15 is 0 Å². The molecule has 4 N–H and O–H groups in total. The molecular formula is C24H31N7OS. The van der Waals surface area contributed by atoms with Gasteiger partial charge in [-0.25, -0.2) is 13.9 Å². The van der Waals surface area contributed by atoms with Crippen LogP contribution in [0.1, 0.15) is 27.7 Å². The SMILES string of the molecule is CC1=C(Nc2cccc(S(=O)NC(C)(C)C)c2)NC(Nc2ccc(N3C=NCC3)cc2)N=C1. The highest BCUT2D eigenvalue weighted by Gasteiger charge is 2.17. The molecule has 8 nitrogen and oxygen atoms in total. The van der Waals surface area contributed by atoms with Crippen LogP contribution in [0.15, 0.2) is 74.8 Å². The second kappa shape index (κ2) is 9.76. The maximum atomic E-state index is 12.6. The third-order valence-electron chi connectivity index (χ3n) is 5.00. The molecule has 0 fully saturated rings. The predicted octanol–water partition coefficient (Wildman–Crippen LogP) is 3.66. The summed E-state index contributed by atoms with van der Waals surface area (Å²) in [6.07, 6.45) is 3.41. The van der Waals surface area contributed by atoms with E-state index in [1.807, 2.05) is 76.6 Å². The van der Waals surface area contributed by atoms with E-state index in [4.69, 9.17) is 0 Å². The Balaban J connectivity index is 1.39. The molecule has 2 unspecified atom stereocenters. The summed E-state index contributed by atoms with van der Waals surface area (Å²) in [4.78, 5) is 11.7. The van der Waals surface area contributed by atoms with E-state index in [9.17, 15) is 4.21 Å². The fourth-order valence-electron chi connectivity index (χ4n) is 3.40. The molecule has 0 bridgehead atoms. The van der Waals surface area contributed by atoms with E-state index in [0.29, 0.717) is 0 Å². The largest absolute Gasteiger partial charge is 0.347 e. The van der Waals surface area contributed by atoms with Crippen molar-refractivity contribution in [3.63, 3.8) is 0 Å². The molecule has 0 aliphatic carbocycles. The molecule has 2 aliphatic heterocycles. The third-order valence-corrected chi connectivity index (χ3v) is 6.48. The molecule has 0 saturated carbocycles. The Morgan fingerprint density at radius 2 is 1.91 bits per heavy atom. The number of nitrogens with zero attached hydrogens (tertiary/aromatic N) is 3. The van der Waals surface area contributed by atoms with E-state index in [1.165, 1.54) is 0 Å². The van der Waals surface area contributed by atoms with Crippen LogP contribution < -0.4 is 25.6 Å². The number of benzene rings is 2. The average molecular weight is 466 g/mol. The second-order valence-corrected chi connectivity index (χ2v) is 10.3. The van der Waals surface area contributed by atoms with Crippen molar-refractivity contribution in [1.82, 2.24) is 10.0 Å². The normalized spacial score (nSPS) is 18.9. The lowest BCUT2D eigenvalue weighted by Gasteiger charge is -2.26. The lowest BCUT2D eigenvalue weighted by molar-refractivity contribution is 0.519. The topological polar surface area (TPSA) is 93.1 Å². The summed E-state index contributed by atoms with van der Waals surface area (Å²) >= 11 is 0. The molecule has 9 heteroatoms. The number of hydrogen-bond donors (Lipinski definition) is 4. The molecule has 174 valence electrons. The Morgan fingerprint density at radius 3 is 2.61 bits per heavy atom. The van der Waals surface area contributed by atoms with Crippen molar-refractivity contribution >= 4 is 40.6 Å². The van der Waals surface area contributed by atoms with Gasteiger partial charge in [0.05, 0.1) is 17.8 Å². The second-order valence-electron chi connectivity index (χ2n) is 9.06. The quantitative estimate of drug-likeness (QED) is 0.501. The Bertz CT molecular complexity index is 1100. The summed E-state index contributed by atoms with van der Waals surface area (Å²) in [5.74, 6) is 0.846. The fourth-order valence-corrected chi connectivity index (χ4v) is 4.51. The van der Waals surface area contributed by atoms with Crippen molar-refractivity contribution < 1.29 is 4.21 Å². The van der Waals surface area contributed by atoms with Gasteiger partial charge in [-0.15, -0.1) is 0 Å². The van der Waals surface area contributed by atoms with Gasteiger partial charge in [-0.1, -0.05) is 6.07 Å². The molecular weight excluding hydrogens is 434 g/mol. The van der Waals surface area contributed by atoms with Crippen LogP contribution in [0.2, 0.25) is 0 Å². The van der Waals surface area contributed by atoms with Gasteiger partial charge >= 0.3 is 0 Å². The number of hydrogen-bond acceptors (Lipinski definition) is 7. The number of allylic oxidation sites excluding steroid dienone is 1. The van der Waals surface area contributed by atoms with Gasteiger partial charge in [-0.05, 0) is 70.2 Å². The lowest BCUT2D eigenvalue weighted by atomic mass is 10.1. The van der Waals surface area contributed by atoms with Crippen LogP contribution in [-0.2, 0) is 11.0 Å². The molecule has 0 radical (unpaired) electrons. The maximum absolute atomic E-state index is 12.6. The summed E-state index contributed by atoms with van der Waals surface area (Å²) in [6, 6.07) is 15.8. The minimum Gasteiger partial charge on any atom is -0.347 e. The van der Waals surface area contributed by atoms with Gasteiger partial charge in [0.25, 0.3) is 0 Å². The van der Waals surface area contributed by atoms with Gasteiger partial charge in [0.15, 0.2) is 6.29 Å². The highest BCUT2D eigenvalue weighted by molar-refractivity contribution is 7.83. The summed E-state index contributed by atoms with van der Waals surface area (Å²) in [5.41, 5.74) is 3.68. The van der Waals surface area contributed by atoms with E-state index in [-0.39, 0.29) is 11.8 Å². The number of anilines is 3. The Hall–Kier alpha value is -3.17. The minimum absolute atomic E-state index is 0.242. The van der Waals surface area contributed by atoms with Gasteiger partial charge in [0.2, 0.25) is 0 Å². The molecule has 2 heterocycles. The molecule has 0 aromatic heterocycles. The molecule has 4 rings (SSSR count). The lowest BCUT2D eigenvalue weighted by Crippen LogP contribution is -2.39. The van der Waals surface area contributed by atoms with Crippen LogP contribution >= 0.6 is 0 Å². The van der Waals surface area contributed by atoms with Crippen LogP contribution in [0.4, 0.5) is 17.1 Å². The van der Waals surface area contributed by atoms with Crippen molar-refractivity contribution in [3.05, 3.63) is 59.9 Å². The van der Waals surface area contributed by atoms with Gasteiger partial charge in [0, 0.05) is 40.9 Å². The zero-order valence-corrected chi connectivity index (χ0v) is 20.2. The smallest absolute Gasteiger partial charge is 0.195 e. The molecule has 0 saturated heterocycles. The first-order chi connectivity index (χ1) is 15.8. The fraction of sp³-hybridized carbons (Fsp3) is 0.333. The molecule has 0 amide bonds. The zero-order valence-electron chi connectivity index (χ0n) is 19.4. The number of nitrogens with one attached hydrogen (secondary N) is 4. The predicted molar refractivity (Wildman–Crippen MR) is 138 cm³/mol. The Morgan fingerprint density at radius 1 is 1.12 bits per heavy atom. The molecule has 33 heavy (non-hydrogen) atoms. The zero-order chi connectivity index (χ0) is 23.4. The van der Waals surface area contributed by atoms with E-state index < -0.39 is 11.0 Å². The van der Waals surface area contributed by atoms with Crippen molar-refractivity contribution in [2.45, 2.75) is 44.4 Å². The van der Waals surface area contributed by atoms with Crippen molar-refractivity contribution in [2.75, 3.05) is 28.6 Å². The van der Waals surface area contributed by atoms with Gasteiger partial charge in [-0.2, -0.15) is 0 Å². The summed E-state index contributed by atoms with van der Waals surface area (Å²) in [5, 5.41) is 10.2. The van der Waals surface area contributed by atoms with Gasteiger partial charge in [0.1, 0.15) is 16.8 Å². The highest BCUT2D eigenvalue weighted by atomic mass is 32.2. The van der Waals surface area contributed by atoms with Crippen molar-refractivity contribution in [3.8, 4) is 0 Å². The van der Waals surface area contributed by atoms with Crippen LogP contribution in [0.25, 0.3) is 0 Å². The van der Waals surface area contributed by atoms with Crippen LogP contribution in [-0.4, -0.2) is 41.7 Å². The Labute approximate surface area is 197 Å². The van der Waals surface area contributed by atoms with Gasteiger partial charge < -0.3 is 20.9 Å². The molecule has 2 aromatic rings. The first-order valence-electron chi connectivity index (χ1n) is 11.0. The summed E-state index contributed by atoms with van der Waals surface area (Å²) in [7, 11) is -1.29. The first-order valence-corrected chi connectivity index (χ1v) is 12.1. The van der Waals surface area contributed by atoms with E-state index in [2.05, 4.69) is 47.7 Å². The monoisotopic (exact) mass is 465 g/mol. The van der Waals surface area contributed by atoms with Crippen molar-refractivity contribution in [1.29, 1.82) is 0 Å². The first kappa shape index (κ1) is 23.0. The summed E-state index contributed by atoms with van der Waals surface area (Å²) < 4.78 is 15.7. The summed E-state index contributed by atoms with van der Waals surface area (Å²) in [6.45, 7) is 9.73. The molecule has 2 aromatic carbocycles.